The molecule has 0 aliphatic carbocycles. The van der Waals surface area contributed by atoms with Gasteiger partial charge in [-0.3, -0.25) is 13.9 Å². The molecule has 11 heteroatoms. The first-order valence-electron chi connectivity index (χ1n) is 11.8. The second kappa shape index (κ2) is 12.4. The fourth-order valence-corrected chi connectivity index (χ4v) is 5.33. The van der Waals surface area contributed by atoms with E-state index >= 15 is 0 Å². The number of fused-ring (bicyclic) bond motifs is 1. The highest BCUT2D eigenvalue weighted by atomic mass is 79.9. The van der Waals surface area contributed by atoms with Crippen molar-refractivity contribution in [3.05, 3.63) is 52.5 Å². The van der Waals surface area contributed by atoms with Gasteiger partial charge in [0.1, 0.15) is 19.3 Å². The van der Waals surface area contributed by atoms with Gasteiger partial charge in [-0.25, -0.2) is 8.42 Å². The SMILES string of the molecule is CCNC(=O)[C@@H](C)N(Cc1cccc(Br)c1)C(=O)CCCN(c1ccc2c(c1)OCCO2)S(C)(=O)=O. The summed E-state index contributed by atoms with van der Waals surface area (Å²) in [4.78, 5) is 27.3. The van der Waals surface area contributed by atoms with Gasteiger partial charge < -0.3 is 19.7 Å². The summed E-state index contributed by atoms with van der Waals surface area (Å²) in [6.07, 6.45) is 1.48. The molecule has 0 spiro atoms. The van der Waals surface area contributed by atoms with Crippen LogP contribution in [0, 0.1) is 0 Å². The minimum absolute atomic E-state index is 0.0777. The van der Waals surface area contributed by atoms with Crippen molar-refractivity contribution in [3.8, 4) is 11.5 Å². The summed E-state index contributed by atoms with van der Waals surface area (Å²) >= 11 is 3.44. The van der Waals surface area contributed by atoms with Crippen molar-refractivity contribution >= 4 is 43.5 Å². The molecule has 0 bridgehead atoms. The largest absolute Gasteiger partial charge is 0.486 e. The van der Waals surface area contributed by atoms with E-state index in [9.17, 15) is 18.0 Å². The zero-order chi connectivity index (χ0) is 26.3. The van der Waals surface area contributed by atoms with Gasteiger partial charge in [-0.2, -0.15) is 0 Å². The number of hydrogen-bond acceptors (Lipinski definition) is 6. The smallest absolute Gasteiger partial charge is 0.242 e. The van der Waals surface area contributed by atoms with Gasteiger partial charge in [0, 0.05) is 36.6 Å². The van der Waals surface area contributed by atoms with E-state index in [1.807, 2.05) is 31.2 Å². The Morgan fingerprint density at radius 3 is 2.50 bits per heavy atom. The van der Waals surface area contributed by atoms with Crippen LogP contribution in [0.2, 0.25) is 0 Å². The normalized spacial score (nSPS) is 13.6. The molecule has 0 saturated heterocycles. The van der Waals surface area contributed by atoms with Gasteiger partial charge in [-0.05, 0) is 50.1 Å². The van der Waals surface area contributed by atoms with Crippen LogP contribution in [0.25, 0.3) is 0 Å². The summed E-state index contributed by atoms with van der Waals surface area (Å²) in [6.45, 7) is 5.17. The topological polar surface area (TPSA) is 105 Å². The number of hydrogen-bond donors (Lipinski definition) is 1. The van der Waals surface area contributed by atoms with Crippen LogP contribution < -0.4 is 19.1 Å². The lowest BCUT2D eigenvalue weighted by atomic mass is 10.1. The molecule has 36 heavy (non-hydrogen) atoms. The number of benzene rings is 2. The molecule has 0 fully saturated rings. The van der Waals surface area contributed by atoms with Gasteiger partial charge in [0.25, 0.3) is 0 Å². The van der Waals surface area contributed by atoms with Gasteiger partial charge in [0.15, 0.2) is 11.5 Å². The molecule has 0 saturated carbocycles. The van der Waals surface area contributed by atoms with E-state index in [2.05, 4.69) is 21.2 Å². The molecule has 2 aromatic rings. The van der Waals surface area contributed by atoms with Crippen LogP contribution in [0.3, 0.4) is 0 Å². The van der Waals surface area contributed by atoms with Crippen LogP contribution in [0.5, 0.6) is 11.5 Å². The van der Waals surface area contributed by atoms with Crippen LogP contribution >= 0.6 is 15.9 Å². The lowest BCUT2D eigenvalue weighted by molar-refractivity contribution is -0.140. The molecular formula is C25H32BrN3O6S. The fourth-order valence-electron chi connectivity index (χ4n) is 3.93. The fraction of sp³-hybridized carbons (Fsp3) is 0.440. The number of carbonyl (C=O) groups is 2. The molecule has 1 heterocycles. The average molecular weight is 583 g/mol. The van der Waals surface area contributed by atoms with Crippen molar-refractivity contribution < 1.29 is 27.5 Å². The molecule has 2 aromatic carbocycles. The van der Waals surface area contributed by atoms with E-state index in [0.29, 0.717) is 36.9 Å². The third-order valence-corrected chi connectivity index (χ3v) is 7.41. The van der Waals surface area contributed by atoms with Crippen LogP contribution in [0.4, 0.5) is 5.69 Å². The van der Waals surface area contributed by atoms with Crippen molar-refractivity contribution in [2.75, 3.05) is 36.9 Å². The Bertz CT molecular complexity index is 1190. The van der Waals surface area contributed by atoms with Crippen molar-refractivity contribution in [1.29, 1.82) is 0 Å². The minimum atomic E-state index is -3.61. The third-order valence-electron chi connectivity index (χ3n) is 5.73. The maximum Gasteiger partial charge on any atom is 0.242 e. The quantitative estimate of drug-likeness (QED) is 0.436. The Morgan fingerprint density at radius 2 is 1.83 bits per heavy atom. The van der Waals surface area contributed by atoms with Gasteiger partial charge >= 0.3 is 0 Å². The lowest BCUT2D eigenvalue weighted by Crippen LogP contribution is -2.47. The molecule has 1 N–H and O–H groups in total. The van der Waals surface area contributed by atoms with E-state index in [-0.39, 0.29) is 37.7 Å². The Balaban J connectivity index is 1.73. The average Bonchev–Trinajstić information content (AvgIpc) is 2.83. The van der Waals surface area contributed by atoms with E-state index < -0.39 is 16.1 Å². The van der Waals surface area contributed by atoms with Gasteiger partial charge in [0.05, 0.1) is 11.9 Å². The number of ether oxygens (including phenoxy) is 2. The summed E-state index contributed by atoms with van der Waals surface area (Å²) in [7, 11) is -3.61. The molecule has 1 aliphatic heterocycles. The highest BCUT2D eigenvalue weighted by Gasteiger charge is 2.27. The first-order chi connectivity index (χ1) is 17.1. The number of nitrogens with one attached hydrogen (secondary N) is 1. The third kappa shape index (κ3) is 7.36. The summed E-state index contributed by atoms with van der Waals surface area (Å²) < 4.78 is 38.3. The van der Waals surface area contributed by atoms with Crippen LogP contribution in [-0.4, -0.2) is 63.7 Å². The number of likely N-dealkylation sites (N-methyl/N-ethyl adjacent to an activating group) is 1. The second-order valence-corrected chi connectivity index (χ2v) is 11.3. The van der Waals surface area contributed by atoms with Gasteiger partial charge in [0.2, 0.25) is 21.8 Å². The summed E-state index contributed by atoms with van der Waals surface area (Å²) in [5.41, 5.74) is 1.32. The molecule has 9 nitrogen and oxygen atoms in total. The number of anilines is 1. The molecule has 0 aromatic heterocycles. The number of carbonyl (C=O) groups excluding carboxylic acids is 2. The molecule has 2 amide bonds. The number of rotatable bonds is 11. The van der Waals surface area contributed by atoms with Crippen molar-refractivity contribution in [2.24, 2.45) is 0 Å². The summed E-state index contributed by atoms with van der Waals surface area (Å²) in [6, 6.07) is 11.8. The summed E-state index contributed by atoms with van der Waals surface area (Å²) in [5, 5.41) is 2.77. The van der Waals surface area contributed by atoms with Crippen LogP contribution in [0.15, 0.2) is 46.9 Å². The monoisotopic (exact) mass is 581 g/mol. The van der Waals surface area contributed by atoms with Crippen molar-refractivity contribution in [1.82, 2.24) is 10.2 Å². The predicted octanol–water partition coefficient (Wildman–Crippen LogP) is 3.32. The zero-order valence-corrected chi connectivity index (χ0v) is 23.1. The van der Waals surface area contributed by atoms with E-state index in [1.165, 1.54) is 9.21 Å². The number of halogens is 1. The minimum Gasteiger partial charge on any atom is -0.486 e. The van der Waals surface area contributed by atoms with Crippen molar-refractivity contribution in [2.45, 2.75) is 39.3 Å². The van der Waals surface area contributed by atoms with E-state index in [4.69, 9.17) is 9.47 Å². The molecular weight excluding hydrogens is 550 g/mol. The van der Waals surface area contributed by atoms with Crippen LogP contribution in [-0.2, 0) is 26.2 Å². The van der Waals surface area contributed by atoms with E-state index in [0.717, 1.165) is 16.3 Å². The predicted molar refractivity (Wildman–Crippen MR) is 142 cm³/mol. The Hall–Kier alpha value is -2.79. The first-order valence-corrected chi connectivity index (χ1v) is 14.4. The molecule has 0 unspecified atom stereocenters. The first kappa shape index (κ1) is 27.8. The Morgan fingerprint density at radius 1 is 1.11 bits per heavy atom. The van der Waals surface area contributed by atoms with Gasteiger partial charge in [-0.15, -0.1) is 0 Å². The molecule has 3 rings (SSSR count). The Labute approximate surface area is 220 Å². The van der Waals surface area contributed by atoms with Crippen LogP contribution in [0.1, 0.15) is 32.3 Å². The summed E-state index contributed by atoms with van der Waals surface area (Å²) in [5.74, 6) is 0.579. The highest BCUT2D eigenvalue weighted by molar-refractivity contribution is 9.10. The maximum atomic E-state index is 13.3. The Kier molecular flexibility index (Phi) is 9.61. The lowest BCUT2D eigenvalue weighted by Gasteiger charge is -2.29. The zero-order valence-electron chi connectivity index (χ0n) is 20.7. The standard InChI is InChI=1S/C25H32BrN3O6S/c1-4-27-25(31)18(2)28(17-19-7-5-8-20(26)15-19)24(30)9-6-12-29(36(3,32)33)21-10-11-22-23(16-21)35-14-13-34-22/h5,7-8,10-11,15-16,18H,4,6,9,12-14,17H2,1-3H3,(H,27,31)/t18-/m1/s1. The van der Waals surface area contributed by atoms with E-state index in [1.54, 1.807) is 25.1 Å². The molecule has 196 valence electrons. The number of sulfonamides is 1. The molecule has 1 atom stereocenters. The molecule has 1 aliphatic rings. The number of amides is 2. The van der Waals surface area contributed by atoms with Gasteiger partial charge in [-0.1, -0.05) is 28.1 Å². The number of nitrogens with zero attached hydrogens (tertiary/aromatic N) is 2. The molecule has 0 radical (unpaired) electrons. The second-order valence-electron chi connectivity index (χ2n) is 8.49. The van der Waals surface area contributed by atoms with Crippen molar-refractivity contribution in [3.63, 3.8) is 0 Å². The highest BCUT2D eigenvalue weighted by Crippen LogP contribution is 2.34. The maximum absolute atomic E-state index is 13.3.